The Balaban J connectivity index is 1.88. The van der Waals surface area contributed by atoms with Crippen molar-refractivity contribution in [3.05, 3.63) is 0 Å². The van der Waals surface area contributed by atoms with Crippen molar-refractivity contribution in [2.24, 2.45) is 40.2 Å². The van der Waals surface area contributed by atoms with Gasteiger partial charge in [-0.2, -0.15) is 0 Å². The minimum Gasteiger partial charge on any atom is -0.458 e. The van der Waals surface area contributed by atoms with Crippen LogP contribution in [-0.4, -0.2) is 17.1 Å². The third-order valence-electron chi connectivity index (χ3n) is 8.11. The molecule has 0 aromatic rings. The zero-order chi connectivity index (χ0) is 19.5. The van der Waals surface area contributed by atoms with Crippen LogP contribution in [0.5, 0.6) is 0 Å². The molecule has 0 spiro atoms. The minimum absolute atomic E-state index is 0.0217. The molecule has 4 aliphatic carbocycles. The van der Waals surface area contributed by atoms with Gasteiger partial charge >= 0.3 is 5.97 Å². The van der Waals surface area contributed by atoms with E-state index in [4.69, 9.17) is 10.5 Å². The van der Waals surface area contributed by atoms with E-state index < -0.39 is 11.0 Å². The van der Waals surface area contributed by atoms with Gasteiger partial charge in [0.05, 0.1) is 5.41 Å². The fourth-order valence-corrected chi connectivity index (χ4v) is 6.71. The summed E-state index contributed by atoms with van der Waals surface area (Å²) in [5.74, 6) is 2.82. The largest absolute Gasteiger partial charge is 0.458 e. The van der Waals surface area contributed by atoms with E-state index >= 15 is 0 Å². The van der Waals surface area contributed by atoms with Crippen molar-refractivity contribution in [1.82, 2.24) is 0 Å². The molecule has 26 heavy (non-hydrogen) atoms. The molecule has 0 aliphatic heterocycles. The van der Waals surface area contributed by atoms with E-state index in [2.05, 4.69) is 27.7 Å². The number of carbonyl (C=O) groups excluding carboxylic acids is 1. The third kappa shape index (κ3) is 3.23. The molecule has 0 aromatic heterocycles. The highest BCUT2D eigenvalue weighted by Crippen LogP contribution is 2.61. The van der Waals surface area contributed by atoms with Crippen molar-refractivity contribution in [3.8, 4) is 0 Å². The number of nitrogens with two attached hydrogens (primary N) is 1. The second-order valence-corrected chi connectivity index (χ2v) is 11.8. The van der Waals surface area contributed by atoms with Gasteiger partial charge in [-0.05, 0) is 94.8 Å². The van der Waals surface area contributed by atoms with Crippen molar-refractivity contribution < 1.29 is 9.53 Å². The van der Waals surface area contributed by atoms with Gasteiger partial charge in [0.25, 0.3) is 0 Å². The Morgan fingerprint density at radius 1 is 0.962 bits per heavy atom. The smallest absolute Gasteiger partial charge is 0.314 e. The molecule has 0 aromatic carbocycles. The first-order valence-corrected chi connectivity index (χ1v) is 10.8. The maximum absolute atomic E-state index is 13.6. The van der Waals surface area contributed by atoms with Gasteiger partial charge in [0.1, 0.15) is 5.60 Å². The Labute approximate surface area is 160 Å². The molecule has 3 heteroatoms. The van der Waals surface area contributed by atoms with E-state index in [9.17, 15) is 4.79 Å². The molecule has 4 rings (SSSR count). The van der Waals surface area contributed by atoms with Crippen LogP contribution in [-0.2, 0) is 9.53 Å². The van der Waals surface area contributed by atoms with Crippen molar-refractivity contribution in [2.75, 3.05) is 0 Å². The van der Waals surface area contributed by atoms with Crippen molar-refractivity contribution >= 4 is 5.97 Å². The van der Waals surface area contributed by atoms with E-state index in [-0.39, 0.29) is 17.0 Å². The van der Waals surface area contributed by atoms with Crippen LogP contribution in [0.4, 0.5) is 0 Å². The molecule has 4 aliphatic rings. The standard InChI is InChI=1S/C23H41NO2/c1-8-23(17-10-15-9-16(12-17)13-18(23)11-15)26-19(25)22(7,21(5,6)24)14-20(2,3)4/h15-18H,8-14,24H2,1-7H3. The Morgan fingerprint density at radius 2 is 1.42 bits per heavy atom. The number of rotatable bonds is 5. The van der Waals surface area contributed by atoms with Gasteiger partial charge in [-0.25, -0.2) is 0 Å². The first-order chi connectivity index (χ1) is 11.8. The van der Waals surface area contributed by atoms with Gasteiger partial charge < -0.3 is 10.5 Å². The number of ether oxygens (including phenoxy) is 1. The van der Waals surface area contributed by atoms with Gasteiger partial charge in [0.2, 0.25) is 0 Å². The van der Waals surface area contributed by atoms with Crippen molar-refractivity contribution in [2.45, 2.75) is 105 Å². The second-order valence-electron chi connectivity index (χ2n) is 11.8. The number of hydrogen-bond acceptors (Lipinski definition) is 3. The monoisotopic (exact) mass is 363 g/mol. The van der Waals surface area contributed by atoms with Crippen LogP contribution < -0.4 is 5.73 Å². The maximum Gasteiger partial charge on any atom is 0.314 e. The molecule has 4 fully saturated rings. The van der Waals surface area contributed by atoms with Gasteiger partial charge in [-0.15, -0.1) is 0 Å². The van der Waals surface area contributed by atoms with Gasteiger partial charge in [0, 0.05) is 5.54 Å². The molecule has 0 saturated heterocycles. The lowest BCUT2D eigenvalue weighted by atomic mass is 9.49. The molecule has 1 unspecified atom stereocenters. The molecule has 0 amide bonds. The van der Waals surface area contributed by atoms with E-state index in [0.717, 1.165) is 24.7 Å². The highest BCUT2D eigenvalue weighted by molar-refractivity contribution is 5.79. The summed E-state index contributed by atoms with van der Waals surface area (Å²) < 4.78 is 6.58. The molecule has 150 valence electrons. The fraction of sp³-hybridized carbons (Fsp3) is 0.957. The van der Waals surface area contributed by atoms with Gasteiger partial charge in [-0.3, -0.25) is 4.79 Å². The Morgan fingerprint density at radius 3 is 1.77 bits per heavy atom. The molecular weight excluding hydrogens is 322 g/mol. The number of esters is 1. The van der Waals surface area contributed by atoms with Crippen LogP contribution in [0.3, 0.4) is 0 Å². The number of carbonyl (C=O) groups is 1. The van der Waals surface area contributed by atoms with Crippen LogP contribution >= 0.6 is 0 Å². The summed E-state index contributed by atoms with van der Waals surface area (Å²) in [4.78, 5) is 13.6. The second kappa shape index (κ2) is 6.22. The fourth-order valence-electron chi connectivity index (χ4n) is 6.71. The van der Waals surface area contributed by atoms with Crippen LogP contribution in [0.15, 0.2) is 0 Å². The molecule has 1 atom stereocenters. The quantitative estimate of drug-likeness (QED) is 0.673. The topological polar surface area (TPSA) is 52.3 Å². The molecule has 0 radical (unpaired) electrons. The van der Waals surface area contributed by atoms with Crippen LogP contribution in [0, 0.1) is 34.5 Å². The van der Waals surface area contributed by atoms with Crippen molar-refractivity contribution in [1.29, 1.82) is 0 Å². The van der Waals surface area contributed by atoms with E-state index in [1.54, 1.807) is 0 Å². The minimum atomic E-state index is -0.678. The average Bonchev–Trinajstić information content (AvgIpc) is 2.47. The first kappa shape index (κ1) is 20.2. The Kier molecular flexibility index (Phi) is 4.83. The normalized spacial score (nSPS) is 38.9. The average molecular weight is 364 g/mol. The summed E-state index contributed by atoms with van der Waals surface area (Å²) in [6.07, 6.45) is 8.14. The van der Waals surface area contributed by atoms with E-state index in [1.807, 2.05) is 20.8 Å². The Hall–Kier alpha value is -0.570. The summed E-state index contributed by atoms with van der Waals surface area (Å²) in [5, 5.41) is 0. The predicted octanol–water partition coefficient (Wildman–Crippen LogP) is 5.31. The number of hydrogen-bond donors (Lipinski definition) is 1. The predicted molar refractivity (Wildman–Crippen MR) is 107 cm³/mol. The van der Waals surface area contributed by atoms with Crippen LogP contribution in [0.25, 0.3) is 0 Å². The first-order valence-electron chi connectivity index (χ1n) is 10.8. The van der Waals surface area contributed by atoms with E-state index in [0.29, 0.717) is 11.8 Å². The van der Waals surface area contributed by atoms with Gasteiger partial charge in [0.15, 0.2) is 0 Å². The van der Waals surface area contributed by atoms with Crippen LogP contribution in [0.2, 0.25) is 0 Å². The maximum atomic E-state index is 13.6. The molecule has 4 bridgehead atoms. The van der Waals surface area contributed by atoms with Crippen LogP contribution in [0.1, 0.15) is 93.4 Å². The summed E-state index contributed by atoms with van der Waals surface area (Å²) in [6.45, 7) is 14.8. The highest BCUT2D eigenvalue weighted by atomic mass is 16.6. The summed E-state index contributed by atoms with van der Waals surface area (Å²) in [5.41, 5.74) is 5.04. The molecule has 0 heterocycles. The lowest BCUT2D eigenvalue weighted by molar-refractivity contribution is -0.222. The van der Waals surface area contributed by atoms with Crippen molar-refractivity contribution in [3.63, 3.8) is 0 Å². The molecular formula is C23H41NO2. The van der Waals surface area contributed by atoms with Gasteiger partial charge in [-0.1, -0.05) is 27.7 Å². The lowest BCUT2D eigenvalue weighted by Crippen LogP contribution is -2.63. The summed E-state index contributed by atoms with van der Waals surface area (Å²) >= 11 is 0. The third-order valence-corrected chi connectivity index (χ3v) is 8.11. The summed E-state index contributed by atoms with van der Waals surface area (Å²) in [7, 11) is 0. The molecule has 4 saturated carbocycles. The highest BCUT2D eigenvalue weighted by Gasteiger charge is 2.60. The zero-order valence-corrected chi connectivity index (χ0v) is 18.2. The Bertz CT molecular complexity index is 526. The van der Waals surface area contributed by atoms with E-state index in [1.165, 1.54) is 32.1 Å². The lowest BCUT2D eigenvalue weighted by Gasteiger charge is -2.61. The summed E-state index contributed by atoms with van der Waals surface area (Å²) in [6, 6.07) is 0. The molecule has 3 nitrogen and oxygen atoms in total. The zero-order valence-electron chi connectivity index (χ0n) is 18.2. The molecule has 2 N–H and O–H groups in total. The SMILES string of the molecule is CCC1(OC(=O)C(C)(CC(C)(C)C)C(C)(C)N)C2CC3CC(C2)CC1C3.